The monoisotopic (exact) mass is 373 g/mol. The SMILES string of the molecule is Cl.Cl.N#Cc1cc([C@H](C2CCCCC2)N2CCNCC2)ccc1F. The van der Waals surface area contributed by atoms with Crippen molar-refractivity contribution in [1.29, 1.82) is 5.26 Å². The lowest BCUT2D eigenvalue weighted by molar-refractivity contribution is 0.103. The Morgan fingerprint density at radius 2 is 1.79 bits per heavy atom. The summed E-state index contributed by atoms with van der Waals surface area (Å²) in [5, 5.41) is 12.5. The molecule has 1 aliphatic heterocycles. The van der Waals surface area contributed by atoms with Gasteiger partial charge in [-0.25, -0.2) is 4.39 Å². The van der Waals surface area contributed by atoms with Crippen LogP contribution in [0.3, 0.4) is 0 Å². The number of hydrogen-bond donors (Lipinski definition) is 1. The number of piperazine rings is 1. The highest BCUT2D eigenvalue weighted by atomic mass is 35.5. The molecule has 3 nitrogen and oxygen atoms in total. The van der Waals surface area contributed by atoms with E-state index in [1.165, 1.54) is 38.2 Å². The van der Waals surface area contributed by atoms with Crippen LogP contribution in [0.4, 0.5) is 4.39 Å². The van der Waals surface area contributed by atoms with Crippen LogP contribution in [-0.4, -0.2) is 31.1 Å². The van der Waals surface area contributed by atoms with E-state index in [-0.39, 0.29) is 30.4 Å². The van der Waals surface area contributed by atoms with Gasteiger partial charge >= 0.3 is 0 Å². The fraction of sp³-hybridized carbons (Fsp3) is 0.611. The van der Waals surface area contributed by atoms with Crippen LogP contribution in [-0.2, 0) is 0 Å². The Kier molecular flexibility index (Phi) is 9.01. The van der Waals surface area contributed by atoms with Crippen LogP contribution in [0.1, 0.15) is 49.3 Å². The highest BCUT2D eigenvalue weighted by Gasteiger charge is 2.31. The summed E-state index contributed by atoms with van der Waals surface area (Å²) < 4.78 is 13.7. The van der Waals surface area contributed by atoms with E-state index >= 15 is 0 Å². The van der Waals surface area contributed by atoms with E-state index in [4.69, 9.17) is 5.26 Å². The molecule has 1 aromatic carbocycles. The van der Waals surface area contributed by atoms with Gasteiger partial charge in [-0.3, -0.25) is 4.90 Å². The molecule has 1 aliphatic carbocycles. The number of hydrogen-bond acceptors (Lipinski definition) is 3. The van der Waals surface area contributed by atoms with Gasteiger partial charge in [0.25, 0.3) is 0 Å². The van der Waals surface area contributed by atoms with Crippen LogP contribution in [0.25, 0.3) is 0 Å². The Balaban J connectivity index is 0.00000144. The van der Waals surface area contributed by atoms with E-state index in [9.17, 15) is 4.39 Å². The minimum Gasteiger partial charge on any atom is -0.314 e. The molecule has 1 saturated heterocycles. The minimum absolute atomic E-state index is 0. The smallest absolute Gasteiger partial charge is 0.140 e. The maximum Gasteiger partial charge on any atom is 0.140 e. The average molecular weight is 374 g/mol. The van der Waals surface area contributed by atoms with Gasteiger partial charge in [0.1, 0.15) is 11.9 Å². The lowest BCUT2D eigenvalue weighted by atomic mass is 9.80. The molecule has 3 rings (SSSR count). The fourth-order valence-corrected chi connectivity index (χ4v) is 4.00. The van der Waals surface area contributed by atoms with Crippen molar-refractivity contribution in [2.24, 2.45) is 5.92 Å². The van der Waals surface area contributed by atoms with E-state index in [1.54, 1.807) is 6.07 Å². The standard InChI is InChI=1S/C18H24FN3.2ClH/c19-17-7-6-15(12-16(17)13-20)18(14-4-2-1-3-5-14)22-10-8-21-9-11-22;;/h6-7,12,14,18,21H,1-5,8-11H2;2*1H/t18-;;/m0../s1. The van der Waals surface area contributed by atoms with Crippen LogP contribution in [0.15, 0.2) is 18.2 Å². The molecule has 2 aliphatic rings. The minimum atomic E-state index is -0.408. The third-order valence-electron chi connectivity index (χ3n) is 5.09. The van der Waals surface area contributed by atoms with E-state index < -0.39 is 5.82 Å². The Hall–Kier alpha value is -0.860. The predicted octanol–water partition coefficient (Wildman–Crippen LogP) is 4.07. The molecule has 2 fully saturated rings. The van der Waals surface area contributed by atoms with Gasteiger partial charge in [-0.05, 0) is 36.5 Å². The van der Waals surface area contributed by atoms with Crippen molar-refractivity contribution in [1.82, 2.24) is 10.2 Å². The number of nitrogens with one attached hydrogen (secondary N) is 1. The molecule has 0 amide bonds. The summed E-state index contributed by atoms with van der Waals surface area (Å²) in [5.74, 6) is 0.220. The lowest BCUT2D eigenvalue weighted by Gasteiger charge is -2.41. The zero-order chi connectivity index (χ0) is 15.4. The van der Waals surface area contributed by atoms with Crippen molar-refractivity contribution in [2.45, 2.75) is 38.1 Å². The summed E-state index contributed by atoms with van der Waals surface area (Å²) in [6, 6.07) is 7.44. The van der Waals surface area contributed by atoms with Crippen LogP contribution in [0.2, 0.25) is 0 Å². The number of nitriles is 1. The summed E-state index contributed by atoms with van der Waals surface area (Å²) >= 11 is 0. The van der Waals surface area contributed by atoms with Gasteiger partial charge in [0.2, 0.25) is 0 Å². The van der Waals surface area contributed by atoms with Crippen molar-refractivity contribution in [3.05, 3.63) is 35.1 Å². The van der Waals surface area contributed by atoms with E-state index in [1.807, 2.05) is 12.1 Å². The van der Waals surface area contributed by atoms with Crippen LogP contribution in [0, 0.1) is 23.1 Å². The molecule has 0 radical (unpaired) electrons. The Morgan fingerprint density at radius 1 is 1.12 bits per heavy atom. The normalized spacial score (nSPS) is 20.3. The summed E-state index contributed by atoms with van der Waals surface area (Å²) in [4.78, 5) is 2.53. The zero-order valence-corrected chi connectivity index (χ0v) is 15.5. The highest BCUT2D eigenvalue weighted by molar-refractivity contribution is 5.85. The zero-order valence-electron chi connectivity index (χ0n) is 13.8. The molecule has 0 unspecified atom stereocenters. The molecule has 24 heavy (non-hydrogen) atoms. The third kappa shape index (κ3) is 4.83. The van der Waals surface area contributed by atoms with Crippen LogP contribution < -0.4 is 5.32 Å². The lowest BCUT2D eigenvalue weighted by Crippen LogP contribution is -2.47. The molecule has 6 heteroatoms. The van der Waals surface area contributed by atoms with Crippen molar-refractivity contribution < 1.29 is 4.39 Å². The highest BCUT2D eigenvalue weighted by Crippen LogP contribution is 2.38. The second kappa shape index (κ2) is 10.2. The van der Waals surface area contributed by atoms with Gasteiger partial charge in [-0.15, -0.1) is 24.8 Å². The van der Waals surface area contributed by atoms with Gasteiger partial charge in [0, 0.05) is 32.2 Å². The van der Waals surface area contributed by atoms with Gasteiger partial charge in [-0.2, -0.15) is 5.26 Å². The van der Waals surface area contributed by atoms with Gasteiger partial charge in [0.15, 0.2) is 0 Å². The third-order valence-corrected chi connectivity index (χ3v) is 5.09. The van der Waals surface area contributed by atoms with Crippen LogP contribution in [0.5, 0.6) is 0 Å². The van der Waals surface area contributed by atoms with Gasteiger partial charge < -0.3 is 5.32 Å². The first-order chi connectivity index (χ1) is 10.8. The largest absolute Gasteiger partial charge is 0.314 e. The predicted molar refractivity (Wildman–Crippen MR) is 99.4 cm³/mol. The first-order valence-corrected chi connectivity index (χ1v) is 8.44. The Morgan fingerprint density at radius 3 is 2.42 bits per heavy atom. The summed E-state index contributed by atoms with van der Waals surface area (Å²) in [7, 11) is 0. The summed E-state index contributed by atoms with van der Waals surface area (Å²) in [5.41, 5.74) is 1.29. The maximum absolute atomic E-state index is 13.7. The molecule has 134 valence electrons. The molecule has 1 N–H and O–H groups in total. The molecule has 1 aromatic rings. The van der Waals surface area contributed by atoms with E-state index in [0.717, 1.165) is 31.7 Å². The van der Waals surface area contributed by atoms with Crippen molar-refractivity contribution in [3.63, 3.8) is 0 Å². The van der Waals surface area contributed by atoms with E-state index in [0.29, 0.717) is 12.0 Å². The Bertz CT molecular complexity index is 532. The molecule has 0 spiro atoms. The number of benzene rings is 1. The van der Waals surface area contributed by atoms with Gasteiger partial charge in [-0.1, -0.05) is 25.3 Å². The number of nitrogens with zero attached hydrogens (tertiary/aromatic N) is 2. The summed E-state index contributed by atoms with van der Waals surface area (Å²) in [6.45, 7) is 4.08. The number of rotatable bonds is 3. The second-order valence-electron chi connectivity index (χ2n) is 6.48. The van der Waals surface area contributed by atoms with E-state index in [2.05, 4.69) is 10.2 Å². The maximum atomic E-state index is 13.7. The Labute approximate surface area is 156 Å². The first kappa shape index (κ1) is 21.2. The molecular formula is C18H26Cl2FN3. The van der Waals surface area contributed by atoms with Crippen molar-refractivity contribution in [3.8, 4) is 6.07 Å². The topological polar surface area (TPSA) is 39.1 Å². The summed E-state index contributed by atoms with van der Waals surface area (Å²) in [6.07, 6.45) is 6.40. The van der Waals surface area contributed by atoms with Gasteiger partial charge in [0.05, 0.1) is 5.56 Å². The van der Waals surface area contributed by atoms with Crippen molar-refractivity contribution >= 4 is 24.8 Å². The molecule has 1 heterocycles. The number of halogens is 3. The molecule has 0 aromatic heterocycles. The van der Waals surface area contributed by atoms with Crippen LogP contribution >= 0.6 is 24.8 Å². The average Bonchev–Trinajstić information content (AvgIpc) is 2.58. The second-order valence-corrected chi connectivity index (χ2v) is 6.48. The fourth-order valence-electron chi connectivity index (χ4n) is 4.00. The molecule has 1 saturated carbocycles. The van der Waals surface area contributed by atoms with Crippen molar-refractivity contribution in [2.75, 3.05) is 26.2 Å². The molecule has 1 atom stereocenters. The quantitative estimate of drug-likeness (QED) is 0.867. The first-order valence-electron chi connectivity index (χ1n) is 8.44. The molecule has 0 bridgehead atoms. The molecular weight excluding hydrogens is 348 g/mol.